The van der Waals surface area contributed by atoms with Gasteiger partial charge in [0, 0.05) is 27.5 Å². The van der Waals surface area contributed by atoms with Gasteiger partial charge in [-0.05, 0) is 0 Å². The van der Waals surface area contributed by atoms with Crippen LogP contribution in [0.4, 0.5) is 0 Å². The van der Waals surface area contributed by atoms with E-state index in [9.17, 15) is 0 Å². The molecular weight excluding hydrogens is 289 g/mol. The van der Waals surface area contributed by atoms with Gasteiger partial charge in [0.25, 0.3) is 0 Å². The predicted octanol–water partition coefficient (Wildman–Crippen LogP) is -12.3. The molecule has 0 aromatic carbocycles. The Balaban J connectivity index is -0.0000000135. The SMILES string of the molecule is O=[Si]([O-])[O-].O=[Si]([O-])[O-].O=[Si]([O-])[O-].[Al+3].[Al+3].[H-].[Li+]. The molecule has 0 fully saturated rings. The van der Waals surface area contributed by atoms with Crippen molar-refractivity contribution >= 4 is 62.2 Å². The maximum absolute atomic E-state index is 8.52. The van der Waals surface area contributed by atoms with Crippen molar-refractivity contribution in [3.63, 3.8) is 0 Å². The van der Waals surface area contributed by atoms with E-state index in [2.05, 4.69) is 0 Å². The van der Waals surface area contributed by atoms with Crippen molar-refractivity contribution < 1.29 is 62.4 Å². The normalized spacial score (nSPS) is 4.80. The van der Waals surface area contributed by atoms with Gasteiger partial charge in [0.2, 0.25) is 0 Å². The van der Waals surface area contributed by atoms with Crippen LogP contribution in [0.3, 0.4) is 0 Å². The van der Waals surface area contributed by atoms with Crippen LogP contribution in [0.5, 0.6) is 0 Å². The molecule has 0 bridgehead atoms. The molecule has 0 heterocycles. The Hall–Kier alpha value is 0.513. The molecule has 0 rings (SSSR count). The summed E-state index contributed by atoms with van der Waals surface area (Å²) in [7, 11) is -10.9. The predicted molar refractivity (Wildman–Crippen MR) is 31.9 cm³/mol. The molecule has 0 aromatic heterocycles. The van der Waals surface area contributed by atoms with Crippen LogP contribution >= 0.6 is 0 Å². The summed E-state index contributed by atoms with van der Waals surface area (Å²) < 4.78 is 25.6. The van der Waals surface area contributed by atoms with E-state index in [0.717, 1.165) is 0 Å². The monoisotopic (exact) mass is 290 g/mol. The smallest absolute Gasteiger partial charge is 1.00 e. The summed E-state index contributed by atoms with van der Waals surface area (Å²) in [5.74, 6) is 0. The van der Waals surface area contributed by atoms with E-state index in [-0.39, 0.29) is 55.0 Å². The molecule has 0 amide bonds. The van der Waals surface area contributed by atoms with E-state index in [4.69, 9.17) is 42.2 Å². The van der Waals surface area contributed by atoms with E-state index in [1.165, 1.54) is 0 Å². The summed E-state index contributed by atoms with van der Waals surface area (Å²) in [6, 6.07) is 0. The maximum Gasteiger partial charge on any atom is 3.00 e. The zero-order chi connectivity index (χ0) is 10.7. The van der Waals surface area contributed by atoms with Crippen LogP contribution in [0.1, 0.15) is 1.43 Å². The molecule has 0 aliphatic rings. The van der Waals surface area contributed by atoms with Crippen molar-refractivity contribution in [2.75, 3.05) is 0 Å². The van der Waals surface area contributed by atoms with Crippen molar-refractivity contribution in [2.45, 2.75) is 0 Å². The van der Waals surface area contributed by atoms with Gasteiger partial charge in [-0.3, -0.25) is 0 Å². The maximum atomic E-state index is 8.52. The van der Waals surface area contributed by atoms with Crippen LogP contribution < -0.4 is 47.6 Å². The summed E-state index contributed by atoms with van der Waals surface area (Å²) in [6.07, 6.45) is 0. The molecule has 15 heavy (non-hydrogen) atoms. The van der Waals surface area contributed by atoms with Crippen LogP contribution in [-0.2, 0) is 13.4 Å². The zero-order valence-electron chi connectivity index (χ0n) is 8.33. The minimum absolute atomic E-state index is 0. The summed E-state index contributed by atoms with van der Waals surface area (Å²) in [5.41, 5.74) is 0. The molecule has 0 aliphatic heterocycles. The van der Waals surface area contributed by atoms with Gasteiger partial charge < -0.3 is 43.6 Å². The first-order valence-electron chi connectivity index (χ1n) is 1.84. The summed E-state index contributed by atoms with van der Waals surface area (Å²) in [6.45, 7) is 0. The number of rotatable bonds is 0. The fraction of sp³-hybridized carbons (Fsp3) is 0. The third-order valence-electron chi connectivity index (χ3n) is 0. The molecular formula is HAl2LiO9Si3. The van der Waals surface area contributed by atoms with Crippen LogP contribution in [-0.4, -0.2) is 62.2 Å². The van der Waals surface area contributed by atoms with Gasteiger partial charge in [0.15, 0.2) is 0 Å². The largest absolute Gasteiger partial charge is 3.00 e. The average molecular weight is 290 g/mol. The number of hydrogen-bond donors (Lipinski definition) is 0. The van der Waals surface area contributed by atoms with Crippen LogP contribution in [0.25, 0.3) is 0 Å². The van der Waals surface area contributed by atoms with Gasteiger partial charge >= 0.3 is 53.6 Å². The van der Waals surface area contributed by atoms with Gasteiger partial charge in [-0.15, -0.1) is 0 Å². The molecule has 0 radical (unpaired) electrons. The fourth-order valence-corrected chi connectivity index (χ4v) is 0. The molecule has 9 nitrogen and oxygen atoms in total. The Morgan fingerprint density at radius 2 is 0.600 bits per heavy atom. The van der Waals surface area contributed by atoms with Crippen molar-refractivity contribution in [2.24, 2.45) is 0 Å². The Morgan fingerprint density at radius 3 is 0.600 bits per heavy atom. The Morgan fingerprint density at radius 1 is 0.600 bits per heavy atom. The standard InChI is InChI=1S/2Al.Li.3O3Si.H/c;;;3*1-4(2)3;/q2*+3;+1;3*-2;-1. The second-order valence-electron chi connectivity index (χ2n) is 0.750. The van der Waals surface area contributed by atoms with Crippen LogP contribution in [0.15, 0.2) is 0 Å². The molecule has 0 saturated heterocycles. The zero-order valence-corrected chi connectivity index (χ0v) is 12.6. The summed E-state index contributed by atoms with van der Waals surface area (Å²) in [4.78, 5) is 51.1. The topological polar surface area (TPSA) is 190 Å². The van der Waals surface area contributed by atoms with Gasteiger partial charge in [0.1, 0.15) is 0 Å². The number of hydrogen-bond acceptors (Lipinski definition) is 9. The molecule has 0 aliphatic carbocycles. The fourth-order valence-electron chi connectivity index (χ4n) is 0. The molecule has 0 saturated carbocycles. The van der Waals surface area contributed by atoms with E-state index < -0.39 is 27.5 Å². The molecule has 0 aromatic rings. The van der Waals surface area contributed by atoms with Crippen molar-refractivity contribution in [3.05, 3.63) is 0 Å². The van der Waals surface area contributed by atoms with Crippen LogP contribution in [0, 0.1) is 0 Å². The Kier molecular flexibility index (Phi) is 70.5. The minimum atomic E-state index is -3.63. The van der Waals surface area contributed by atoms with Gasteiger partial charge in [-0.1, -0.05) is 0 Å². The first kappa shape index (κ1) is 36.1. The molecule has 0 atom stereocenters. The van der Waals surface area contributed by atoms with E-state index in [1.807, 2.05) is 0 Å². The average Bonchev–Trinajstić information content (AvgIpc) is 1.54. The van der Waals surface area contributed by atoms with Crippen LogP contribution in [0.2, 0.25) is 0 Å². The first-order valence-corrected chi connectivity index (χ1v) is 5.51. The third-order valence-corrected chi connectivity index (χ3v) is 0. The Labute approximate surface area is 124 Å². The van der Waals surface area contributed by atoms with Gasteiger partial charge in [-0.2, -0.15) is 0 Å². The summed E-state index contributed by atoms with van der Waals surface area (Å²) in [5, 5.41) is 0. The molecule has 0 unspecified atom stereocenters. The van der Waals surface area contributed by atoms with Gasteiger partial charge in [-0.25, -0.2) is 0 Å². The molecule has 74 valence electrons. The van der Waals surface area contributed by atoms with E-state index in [0.29, 0.717) is 0 Å². The third kappa shape index (κ3) is 8640. The first-order chi connectivity index (χ1) is 5.20. The van der Waals surface area contributed by atoms with E-state index >= 15 is 0 Å². The molecule has 0 N–H and O–H groups in total. The van der Waals surface area contributed by atoms with Crippen molar-refractivity contribution in [3.8, 4) is 0 Å². The van der Waals surface area contributed by atoms with Gasteiger partial charge in [0.05, 0.1) is 0 Å². The second kappa shape index (κ2) is 29.3. The second-order valence-corrected chi connectivity index (χ2v) is 2.25. The summed E-state index contributed by atoms with van der Waals surface area (Å²) >= 11 is 0. The molecule has 0 spiro atoms. The van der Waals surface area contributed by atoms with Crippen molar-refractivity contribution in [1.29, 1.82) is 0 Å². The quantitative estimate of drug-likeness (QED) is 0.389. The van der Waals surface area contributed by atoms with Crippen molar-refractivity contribution in [1.82, 2.24) is 0 Å². The Bertz CT molecular complexity index is 126. The molecule has 15 heteroatoms. The minimum Gasteiger partial charge on any atom is -1.00 e. The van der Waals surface area contributed by atoms with E-state index in [1.54, 1.807) is 0 Å².